The molecular formula is C28H39F2N4O2+. The Bertz CT molecular complexity index is 1030. The molecule has 1 heterocycles. The molecule has 1 saturated heterocycles. The summed E-state index contributed by atoms with van der Waals surface area (Å²) in [7, 11) is 0. The van der Waals surface area contributed by atoms with E-state index in [0.717, 1.165) is 12.8 Å². The lowest BCUT2D eigenvalue weighted by Gasteiger charge is -2.41. The van der Waals surface area contributed by atoms with E-state index in [9.17, 15) is 14.0 Å². The molecular weight excluding hydrogens is 462 g/mol. The number of carbonyl (C=O) groups excluding carboxylic acids is 2. The first-order chi connectivity index (χ1) is 17.3. The summed E-state index contributed by atoms with van der Waals surface area (Å²) < 4.78 is 29.1. The van der Waals surface area contributed by atoms with E-state index in [1.807, 2.05) is 32.6 Å². The number of nitrogens with two attached hydrogens (primary N) is 1. The van der Waals surface area contributed by atoms with E-state index in [1.54, 1.807) is 29.2 Å². The molecule has 3 rings (SSSR count). The zero-order valence-electron chi connectivity index (χ0n) is 21.8. The number of quaternary nitrogens is 1. The Balaban J connectivity index is 1.73. The van der Waals surface area contributed by atoms with Gasteiger partial charge in [-0.1, -0.05) is 26.0 Å². The van der Waals surface area contributed by atoms with Gasteiger partial charge in [0.25, 0.3) is 0 Å². The predicted molar refractivity (Wildman–Crippen MR) is 138 cm³/mol. The fourth-order valence-electron chi connectivity index (χ4n) is 4.96. The molecule has 0 aromatic heterocycles. The molecule has 0 spiro atoms. The number of primary amides is 1. The molecule has 1 unspecified atom stereocenters. The Kier molecular flexibility index (Phi) is 9.96. The van der Waals surface area contributed by atoms with E-state index < -0.39 is 6.04 Å². The first-order valence-electron chi connectivity index (χ1n) is 13.0. The van der Waals surface area contributed by atoms with Crippen molar-refractivity contribution in [3.63, 3.8) is 0 Å². The van der Waals surface area contributed by atoms with Crippen molar-refractivity contribution in [2.75, 3.05) is 44.2 Å². The first-order valence-corrected chi connectivity index (χ1v) is 13.0. The van der Waals surface area contributed by atoms with Gasteiger partial charge in [-0.2, -0.15) is 0 Å². The van der Waals surface area contributed by atoms with Crippen LogP contribution in [0.2, 0.25) is 0 Å². The normalized spacial score (nSPS) is 15.2. The number of halogens is 2. The summed E-state index contributed by atoms with van der Waals surface area (Å²) in [4.78, 5) is 31.6. The van der Waals surface area contributed by atoms with Crippen molar-refractivity contribution in [2.24, 2.45) is 5.92 Å². The predicted octanol–water partition coefficient (Wildman–Crippen LogP) is 3.85. The number of likely N-dealkylation sites (N-methyl/N-ethyl adjacent to an activating group) is 1. The number of carbonyl (C=O) groups is 2. The number of hydrogen-bond donors (Lipinski definition) is 1. The third kappa shape index (κ3) is 6.48. The molecule has 36 heavy (non-hydrogen) atoms. The molecule has 0 saturated carbocycles. The highest BCUT2D eigenvalue weighted by molar-refractivity contribution is 5.83. The van der Waals surface area contributed by atoms with Crippen LogP contribution in [0, 0.1) is 17.6 Å². The fraction of sp³-hybridized carbons (Fsp3) is 0.500. The van der Waals surface area contributed by atoms with Crippen LogP contribution in [0.5, 0.6) is 0 Å². The minimum atomic E-state index is -0.583. The lowest BCUT2D eigenvalue weighted by molar-refractivity contribution is -0.487. The molecule has 6 nitrogen and oxygen atoms in total. The third-order valence-electron chi connectivity index (χ3n) is 7.16. The fourth-order valence-corrected chi connectivity index (χ4v) is 4.96. The molecule has 2 aromatic carbocycles. The van der Waals surface area contributed by atoms with E-state index in [0.29, 0.717) is 56.2 Å². The quantitative estimate of drug-likeness (QED) is 0.503. The number of amides is 2. The maximum absolute atomic E-state index is 15.1. The average Bonchev–Trinajstić information content (AvgIpc) is 2.86. The summed E-state index contributed by atoms with van der Waals surface area (Å²) >= 11 is 0. The van der Waals surface area contributed by atoms with E-state index in [2.05, 4.69) is 4.90 Å². The Morgan fingerprint density at radius 3 is 2.17 bits per heavy atom. The monoisotopic (exact) mass is 501 g/mol. The number of nitrogens with zero attached hydrogens (tertiary/aromatic N) is 3. The standard InChI is InChI=1S/C28H38F2N4O2/c1-5-20(6-2)27(35)31-23-12-13-25(24(30)19-23)33-14-16-34(17-15-33)26(28(36)32(7-3)8-4)21-10-9-11-22(29)18-21/h9-13,18-20,26H,5-8,14-17H2,1-4H3,(H,31,35)/p+1. The van der Waals surface area contributed by atoms with Crippen molar-refractivity contribution in [3.05, 3.63) is 59.7 Å². The summed E-state index contributed by atoms with van der Waals surface area (Å²) in [5.41, 5.74) is 1.69. The third-order valence-corrected chi connectivity index (χ3v) is 7.16. The van der Waals surface area contributed by atoms with Crippen molar-refractivity contribution < 1.29 is 23.7 Å². The van der Waals surface area contributed by atoms with Crippen molar-refractivity contribution in [3.8, 4) is 0 Å². The van der Waals surface area contributed by atoms with Crippen LogP contribution in [-0.4, -0.2) is 60.9 Å². The van der Waals surface area contributed by atoms with Crippen molar-refractivity contribution in [2.45, 2.75) is 46.6 Å². The Morgan fingerprint density at radius 2 is 1.61 bits per heavy atom. The van der Waals surface area contributed by atoms with Crippen LogP contribution >= 0.6 is 0 Å². The van der Waals surface area contributed by atoms with Gasteiger partial charge in [-0.15, -0.1) is 0 Å². The van der Waals surface area contributed by atoms with Crippen LogP contribution in [0.25, 0.3) is 0 Å². The summed E-state index contributed by atoms with van der Waals surface area (Å²) in [6.07, 6.45) is 1.54. The second-order valence-electron chi connectivity index (χ2n) is 9.26. The van der Waals surface area contributed by atoms with E-state index in [-0.39, 0.29) is 29.4 Å². The Labute approximate surface area is 213 Å². The molecule has 1 atom stereocenters. The molecule has 2 N–H and O–H groups in total. The van der Waals surface area contributed by atoms with Crippen molar-refractivity contribution >= 4 is 23.2 Å². The van der Waals surface area contributed by atoms with Crippen LogP contribution in [0.3, 0.4) is 0 Å². The smallest absolute Gasteiger partial charge is 0.318 e. The molecule has 1 fully saturated rings. The molecule has 196 valence electrons. The highest BCUT2D eigenvalue weighted by atomic mass is 19.1. The lowest BCUT2D eigenvalue weighted by atomic mass is 10.0. The maximum atomic E-state index is 15.1. The molecule has 1 aliphatic heterocycles. The van der Waals surface area contributed by atoms with Gasteiger partial charge in [0.15, 0.2) is 5.82 Å². The molecule has 2 amide bonds. The number of benzene rings is 2. The molecule has 0 bridgehead atoms. The summed E-state index contributed by atoms with van der Waals surface area (Å²) in [6, 6.07) is 10.6. The molecule has 0 radical (unpaired) electrons. The number of rotatable bonds is 10. The topological polar surface area (TPSA) is 60.5 Å². The van der Waals surface area contributed by atoms with Gasteiger partial charge in [0.05, 0.1) is 11.6 Å². The van der Waals surface area contributed by atoms with E-state index in [4.69, 9.17) is 0 Å². The average molecular weight is 502 g/mol. The van der Waals surface area contributed by atoms with Gasteiger partial charge in [-0.3, -0.25) is 15.0 Å². The SMILES string of the molecule is CCC(CC)C(=O)[NH2+]c1ccc(N2CCN(C(C(=O)N(CC)CC)c3cccc(F)c3)CC2)c(F)c1. The largest absolute Gasteiger partial charge is 0.367 e. The van der Waals surface area contributed by atoms with Gasteiger partial charge < -0.3 is 9.80 Å². The van der Waals surface area contributed by atoms with Gasteiger partial charge in [-0.25, -0.2) is 13.6 Å². The zero-order valence-corrected chi connectivity index (χ0v) is 21.8. The minimum absolute atomic E-state index is 0.0297. The molecule has 2 aromatic rings. The highest BCUT2D eigenvalue weighted by Gasteiger charge is 2.33. The van der Waals surface area contributed by atoms with Crippen molar-refractivity contribution in [1.82, 2.24) is 9.80 Å². The van der Waals surface area contributed by atoms with E-state index in [1.165, 1.54) is 23.5 Å². The highest BCUT2D eigenvalue weighted by Crippen LogP contribution is 2.28. The Hall–Kier alpha value is -2.84. The maximum Gasteiger partial charge on any atom is 0.318 e. The van der Waals surface area contributed by atoms with E-state index >= 15 is 4.39 Å². The van der Waals surface area contributed by atoms with Gasteiger partial charge in [0.2, 0.25) is 5.91 Å². The summed E-state index contributed by atoms with van der Waals surface area (Å²) in [6.45, 7) is 11.1. The minimum Gasteiger partial charge on any atom is -0.367 e. The number of hydrogen-bond acceptors (Lipinski definition) is 4. The first kappa shape index (κ1) is 27.7. The van der Waals surface area contributed by atoms with Gasteiger partial charge >= 0.3 is 5.91 Å². The van der Waals surface area contributed by atoms with Gasteiger partial charge in [0, 0.05) is 51.4 Å². The zero-order chi connectivity index (χ0) is 26.2. The van der Waals surface area contributed by atoms with Crippen LogP contribution in [0.15, 0.2) is 42.5 Å². The second kappa shape index (κ2) is 12.9. The summed E-state index contributed by atoms with van der Waals surface area (Å²) in [5.74, 6) is -0.791. The van der Waals surface area contributed by atoms with Crippen LogP contribution in [-0.2, 0) is 9.59 Å². The number of anilines is 1. The van der Waals surface area contributed by atoms with Crippen LogP contribution in [0.1, 0.15) is 52.1 Å². The Morgan fingerprint density at radius 1 is 0.944 bits per heavy atom. The summed E-state index contributed by atoms with van der Waals surface area (Å²) in [5, 5.41) is 1.53. The van der Waals surface area contributed by atoms with Gasteiger partial charge in [0.1, 0.15) is 17.5 Å². The van der Waals surface area contributed by atoms with Crippen LogP contribution < -0.4 is 10.2 Å². The van der Waals surface area contributed by atoms with Crippen molar-refractivity contribution in [1.29, 1.82) is 0 Å². The van der Waals surface area contributed by atoms with Gasteiger partial charge in [-0.05, 0) is 50.5 Å². The lowest BCUT2D eigenvalue weighted by Crippen LogP contribution is -2.84. The van der Waals surface area contributed by atoms with Crippen LogP contribution in [0.4, 0.5) is 20.2 Å². The molecule has 1 aliphatic rings. The molecule has 8 heteroatoms. The molecule has 0 aliphatic carbocycles. The second-order valence-corrected chi connectivity index (χ2v) is 9.26. The number of piperazine rings is 1.